The van der Waals surface area contributed by atoms with E-state index in [4.69, 9.17) is 5.11 Å². The van der Waals surface area contributed by atoms with E-state index >= 15 is 0 Å². The van der Waals surface area contributed by atoms with Gasteiger partial charge in [0, 0.05) is 26.1 Å². The molecule has 0 unspecified atom stereocenters. The average molecular weight is 382 g/mol. The largest absolute Gasteiger partial charge is 0.481 e. The van der Waals surface area contributed by atoms with Gasteiger partial charge in [0.1, 0.15) is 0 Å². The van der Waals surface area contributed by atoms with E-state index in [-0.39, 0.29) is 16.9 Å². The topological polar surface area (TPSA) is 104 Å². The van der Waals surface area contributed by atoms with Gasteiger partial charge in [-0.25, -0.2) is 8.42 Å². The van der Waals surface area contributed by atoms with E-state index in [1.807, 2.05) is 0 Å². The Kier molecular flexibility index (Phi) is 7.59. The number of unbranched alkanes of at least 4 members (excludes halogenated alkanes) is 2. The highest BCUT2D eigenvalue weighted by molar-refractivity contribution is 7.89. The third-order valence-electron chi connectivity index (χ3n) is 4.42. The fourth-order valence-electron chi connectivity index (χ4n) is 3.00. The van der Waals surface area contributed by atoms with Gasteiger partial charge >= 0.3 is 5.97 Å². The molecule has 0 spiro atoms. The highest BCUT2D eigenvalue weighted by Gasteiger charge is 2.29. The number of hydrogen-bond donors (Lipinski definition) is 2. The Balaban J connectivity index is 1.99. The molecule has 8 heteroatoms. The smallest absolute Gasteiger partial charge is 0.303 e. The van der Waals surface area contributed by atoms with Crippen molar-refractivity contribution in [3.8, 4) is 0 Å². The quantitative estimate of drug-likeness (QED) is 0.638. The standard InChI is InChI=1S/C18H26N2O5S/c21-17(22)11-3-1-6-12-19-18(23)15-9-4-5-10-16(15)26(24,25)20-13-7-2-8-14-20/h4-5,9-10H,1-3,6-8,11-14H2,(H,19,23)(H,21,22). The predicted molar refractivity (Wildman–Crippen MR) is 97.5 cm³/mol. The lowest BCUT2D eigenvalue weighted by Crippen LogP contribution is -2.37. The molecule has 0 aliphatic carbocycles. The first-order valence-electron chi connectivity index (χ1n) is 9.02. The lowest BCUT2D eigenvalue weighted by Gasteiger charge is -2.26. The Morgan fingerprint density at radius 1 is 1.04 bits per heavy atom. The fourth-order valence-corrected chi connectivity index (χ4v) is 4.70. The number of carboxylic acid groups (broad SMARTS) is 1. The maximum atomic E-state index is 12.9. The number of piperidine rings is 1. The third kappa shape index (κ3) is 5.54. The summed E-state index contributed by atoms with van der Waals surface area (Å²) in [4.78, 5) is 23.0. The second-order valence-corrected chi connectivity index (χ2v) is 8.33. The zero-order valence-corrected chi connectivity index (χ0v) is 15.6. The van der Waals surface area contributed by atoms with E-state index in [9.17, 15) is 18.0 Å². The van der Waals surface area contributed by atoms with Crippen molar-refractivity contribution in [2.24, 2.45) is 0 Å². The van der Waals surface area contributed by atoms with E-state index < -0.39 is 21.9 Å². The van der Waals surface area contributed by atoms with Crippen LogP contribution in [0.3, 0.4) is 0 Å². The number of benzene rings is 1. The number of sulfonamides is 1. The first-order chi connectivity index (χ1) is 12.4. The van der Waals surface area contributed by atoms with Crippen molar-refractivity contribution in [2.45, 2.75) is 49.8 Å². The summed E-state index contributed by atoms with van der Waals surface area (Å²) in [7, 11) is -3.68. The third-order valence-corrected chi connectivity index (χ3v) is 6.37. The Morgan fingerprint density at radius 2 is 1.73 bits per heavy atom. The van der Waals surface area contributed by atoms with Gasteiger partial charge in [-0.3, -0.25) is 9.59 Å². The summed E-state index contributed by atoms with van der Waals surface area (Å²) in [6.07, 6.45) is 4.72. The van der Waals surface area contributed by atoms with Gasteiger partial charge in [-0.1, -0.05) is 25.0 Å². The summed E-state index contributed by atoms with van der Waals surface area (Å²) in [5.74, 6) is -1.25. The molecule has 0 bridgehead atoms. The molecule has 1 heterocycles. The second kappa shape index (κ2) is 9.68. The Bertz CT molecular complexity index is 727. The van der Waals surface area contributed by atoms with Crippen LogP contribution in [0.25, 0.3) is 0 Å². The molecule has 144 valence electrons. The van der Waals surface area contributed by atoms with Gasteiger partial charge in [-0.15, -0.1) is 0 Å². The highest BCUT2D eigenvalue weighted by Crippen LogP contribution is 2.23. The van der Waals surface area contributed by atoms with Crippen LogP contribution in [-0.4, -0.2) is 49.3 Å². The van der Waals surface area contributed by atoms with Crippen LogP contribution in [0, 0.1) is 0 Å². The van der Waals surface area contributed by atoms with Gasteiger partial charge < -0.3 is 10.4 Å². The summed E-state index contributed by atoms with van der Waals surface area (Å²) < 4.78 is 27.2. The molecule has 1 aromatic carbocycles. The fraction of sp³-hybridized carbons (Fsp3) is 0.556. The van der Waals surface area contributed by atoms with Gasteiger partial charge in [0.15, 0.2) is 0 Å². The molecular formula is C18H26N2O5S. The molecule has 0 radical (unpaired) electrons. The molecule has 1 aliphatic heterocycles. The lowest BCUT2D eigenvalue weighted by atomic mass is 10.2. The Labute approximate surface area is 154 Å². The van der Waals surface area contributed by atoms with E-state index in [1.165, 1.54) is 16.4 Å². The molecule has 1 aliphatic rings. The van der Waals surface area contributed by atoms with Crippen LogP contribution in [0.15, 0.2) is 29.2 Å². The van der Waals surface area contributed by atoms with Crippen LogP contribution < -0.4 is 5.32 Å². The van der Waals surface area contributed by atoms with E-state index in [1.54, 1.807) is 12.1 Å². The van der Waals surface area contributed by atoms with Crippen LogP contribution in [-0.2, 0) is 14.8 Å². The highest BCUT2D eigenvalue weighted by atomic mass is 32.2. The molecule has 2 rings (SSSR count). The number of hydrogen-bond acceptors (Lipinski definition) is 4. The van der Waals surface area contributed by atoms with Gasteiger partial charge in [0.05, 0.1) is 10.5 Å². The summed E-state index contributed by atoms with van der Waals surface area (Å²) in [6, 6.07) is 6.28. The van der Waals surface area contributed by atoms with Gasteiger partial charge in [-0.2, -0.15) is 4.31 Å². The van der Waals surface area contributed by atoms with E-state index in [0.717, 1.165) is 19.3 Å². The van der Waals surface area contributed by atoms with Gasteiger partial charge in [0.2, 0.25) is 10.0 Å². The normalized spacial score (nSPS) is 15.5. The van der Waals surface area contributed by atoms with Crippen molar-refractivity contribution in [3.05, 3.63) is 29.8 Å². The number of carbonyl (C=O) groups is 2. The van der Waals surface area contributed by atoms with Crippen LogP contribution in [0.5, 0.6) is 0 Å². The number of carboxylic acids is 1. The minimum absolute atomic E-state index is 0.0466. The monoisotopic (exact) mass is 382 g/mol. The maximum absolute atomic E-state index is 12.9. The number of amides is 1. The second-order valence-electron chi connectivity index (χ2n) is 6.42. The molecule has 7 nitrogen and oxygen atoms in total. The Hall–Kier alpha value is -1.93. The molecule has 1 fully saturated rings. The van der Waals surface area contributed by atoms with Crippen molar-refractivity contribution in [1.29, 1.82) is 0 Å². The molecule has 0 atom stereocenters. The SMILES string of the molecule is O=C(O)CCCCCNC(=O)c1ccccc1S(=O)(=O)N1CCCCC1. The lowest BCUT2D eigenvalue weighted by molar-refractivity contribution is -0.137. The molecular weight excluding hydrogens is 356 g/mol. The number of carbonyl (C=O) groups excluding carboxylic acids is 1. The number of nitrogens with zero attached hydrogens (tertiary/aromatic N) is 1. The van der Waals surface area contributed by atoms with Crippen molar-refractivity contribution in [1.82, 2.24) is 9.62 Å². The summed E-state index contributed by atoms with van der Waals surface area (Å²) >= 11 is 0. The van der Waals surface area contributed by atoms with Gasteiger partial charge in [0.25, 0.3) is 5.91 Å². The van der Waals surface area contributed by atoms with E-state index in [0.29, 0.717) is 38.9 Å². The molecule has 26 heavy (non-hydrogen) atoms. The summed E-state index contributed by atoms with van der Waals surface area (Å²) in [5.41, 5.74) is 0.156. The van der Waals surface area contributed by atoms with Crippen molar-refractivity contribution >= 4 is 21.9 Å². The molecule has 1 saturated heterocycles. The van der Waals surface area contributed by atoms with Crippen molar-refractivity contribution in [2.75, 3.05) is 19.6 Å². The van der Waals surface area contributed by atoms with Crippen LogP contribution in [0.4, 0.5) is 0 Å². The summed E-state index contributed by atoms with van der Waals surface area (Å²) in [6.45, 7) is 1.36. The first-order valence-corrected chi connectivity index (χ1v) is 10.5. The summed E-state index contributed by atoms with van der Waals surface area (Å²) in [5, 5.41) is 11.3. The van der Waals surface area contributed by atoms with Crippen LogP contribution in [0.1, 0.15) is 55.3 Å². The van der Waals surface area contributed by atoms with Gasteiger partial charge in [-0.05, 0) is 37.8 Å². The van der Waals surface area contributed by atoms with Crippen molar-refractivity contribution < 1.29 is 23.1 Å². The zero-order valence-electron chi connectivity index (χ0n) is 14.8. The molecule has 1 aromatic rings. The number of aliphatic carboxylic acids is 1. The molecule has 1 amide bonds. The minimum Gasteiger partial charge on any atom is -0.481 e. The van der Waals surface area contributed by atoms with E-state index in [2.05, 4.69) is 5.32 Å². The predicted octanol–water partition coefficient (Wildman–Crippen LogP) is 2.24. The van der Waals surface area contributed by atoms with Crippen molar-refractivity contribution in [3.63, 3.8) is 0 Å². The first kappa shape index (κ1) is 20.4. The van der Waals surface area contributed by atoms with Crippen LogP contribution in [0.2, 0.25) is 0 Å². The Morgan fingerprint density at radius 3 is 2.42 bits per heavy atom. The number of nitrogens with one attached hydrogen (secondary N) is 1. The molecule has 0 saturated carbocycles. The number of rotatable bonds is 9. The average Bonchev–Trinajstić information content (AvgIpc) is 2.65. The minimum atomic E-state index is -3.68. The zero-order chi connectivity index (χ0) is 19.0. The molecule has 2 N–H and O–H groups in total. The molecule has 0 aromatic heterocycles. The maximum Gasteiger partial charge on any atom is 0.303 e. The van der Waals surface area contributed by atoms with Crippen LogP contribution >= 0.6 is 0 Å².